The second-order valence-corrected chi connectivity index (χ2v) is 5.70. The summed E-state index contributed by atoms with van der Waals surface area (Å²) in [5.41, 5.74) is 2.75. The molecule has 0 aliphatic carbocycles. The van der Waals surface area contributed by atoms with E-state index in [1.165, 1.54) is 11.1 Å². The van der Waals surface area contributed by atoms with Crippen LogP contribution >= 0.6 is 0 Å². The smallest absolute Gasteiger partial charge is 0.0602 e. The van der Waals surface area contributed by atoms with Crippen LogP contribution < -0.4 is 0 Å². The van der Waals surface area contributed by atoms with Crippen molar-refractivity contribution in [3.63, 3.8) is 0 Å². The molecule has 0 N–H and O–H groups in total. The maximum Gasteiger partial charge on any atom is 0.0602 e. The quantitative estimate of drug-likeness (QED) is 0.799. The molecule has 0 radical (unpaired) electrons. The van der Waals surface area contributed by atoms with E-state index < -0.39 is 0 Å². The highest BCUT2D eigenvalue weighted by Gasteiger charge is 2.33. The van der Waals surface area contributed by atoms with Gasteiger partial charge in [-0.3, -0.25) is 4.90 Å². The van der Waals surface area contributed by atoms with Crippen molar-refractivity contribution >= 4 is 0 Å². The number of ether oxygens (including phenoxy) is 1. The van der Waals surface area contributed by atoms with Gasteiger partial charge in [0.25, 0.3) is 0 Å². The van der Waals surface area contributed by atoms with Crippen molar-refractivity contribution in [2.45, 2.75) is 13.0 Å². The fourth-order valence-corrected chi connectivity index (χ4v) is 3.10. The van der Waals surface area contributed by atoms with Crippen molar-refractivity contribution in [1.29, 1.82) is 0 Å². The summed E-state index contributed by atoms with van der Waals surface area (Å²) in [6, 6.07) is 22.0. The minimum absolute atomic E-state index is 0.366. The molecule has 21 heavy (non-hydrogen) atoms. The first kappa shape index (κ1) is 14.3. The summed E-state index contributed by atoms with van der Waals surface area (Å²) < 4.78 is 5.55. The third-order valence-corrected chi connectivity index (χ3v) is 4.14. The Morgan fingerprint density at radius 1 is 0.952 bits per heavy atom. The fraction of sp³-hybridized carbons (Fsp3) is 0.368. The van der Waals surface area contributed by atoms with Crippen molar-refractivity contribution in [1.82, 2.24) is 4.90 Å². The van der Waals surface area contributed by atoms with E-state index in [-0.39, 0.29) is 0 Å². The SMILES string of the molecule is CCOCC1CN(C(c2ccccc2)c2ccccc2)C1. The molecule has 2 aromatic rings. The molecule has 1 saturated heterocycles. The van der Waals surface area contributed by atoms with Crippen LogP contribution in [-0.4, -0.2) is 31.2 Å². The van der Waals surface area contributed by atoms with Crippen molar-refractivity contribution in [3.05, 3.63) is 71.8 Å². The molecule has 0 unspecified atom stereocenters. The van der Waals surface area contributed by atoms with Crippen LogP contribution in [-0.2, 0) is 4.74 Å². The van der Waals surface area contributed by atoms with Gasteiger partial charge in [-0.05, 0) is 18.1 Å². The predicted octanol–water partition coefficient (Wildman–Crippen LogP) is 3.74. The summed E-state index contributed by atoms with van der Waals surface area (Å²) in [7, 11) is 0. The zero-order valence-electron chi connectivity index (χ0n) is 12.6. The molecule has 2 nitrogen and oxygen atoms in total. The van der Waals surface area contributed by atoms with E-state index in [1.54, 1.807) is 0 Å². The maximum atomic E-state index is 5.55. The Morgan fingerprint density at radius 3 is 1.95 bits per heavy atom. The van der Waals surface area contributed by atoms with Gasteiger partial charge in [0.15, 0.2) is 0 Å². The highest BCUT2D eigenvalue weighted by molar-refractivity contribution is 5.32. The largest absolute Gasteiger partial charge is 0.381 e. The minimum atomic E-state index is 0.366. The highest BCUT2D eigenvalue weighted by Crippen LogP contribution is 2.34. The normalized spacial score (nSPS) is 16.1. The molecule has 0 amide bonds. The Kier molecular flexibility index (Phi) is 4.69. The van der Waals surface area contributed by atoms with E-state index in [2.05, 4.69) is 72.5 Å². The molecule has 2 heteroatoms. The van der Waals surface area contributed by atoms with Crippen LogP contribution in [0, 0.1) is 5.92 Å². The van der Waals surface area contributed by atoms with E-state index in [0.29, 0.717) is 12.0 Å². The van der Waals surface area contributed by atoms with Crippen LogP contribution in [0.5, 0.6) is 0 Å². The lowest BCUT2D eigenvalue weighted by atomic mass is 9.90. The lowest BCUT2D eigenvalue weighted by Gasteiger charge is -2.44. The number of likely N-dealkylation sites (tertiary alicyclic amines) is 1. The van der Waals surface area contributed by atoms with Gasteiger partial charge in [0.05, 0.1) is 12.6 Å². The van der Waals surface area contributed by atoms with Crippen molar-refractivity contribution in [2.24, 2.45) is 5.92 Å². The molecule has 0 atom stereocenters. The average Bonchev–Trinajstić information content (AvgIpc) is 2.51. The van der Waals surface area contributed by atoms with E-state index >= 15 is 0 Å². The molecule has 2 aromatic carbocycles. The molecule has 1 fully saturated rings. The molecule has 1 aliphatic heterocycles. The molecule has 3 rings (SSSR count). The Hall–Kier alpha value is -1.64. The second kappa shape index (κ2) is 6.88. The molecule has 110 valence electrons. The van der Waals surface area contributed by atoms with Crippen LogP contribution in [0.1, 0.15) is 24.1 Å². The molecule has 1 aliphatic rings. The molecule has 1 heterocycles. The van der Waals surface area contributed by atoms with Gasteiger partial charge in [-0.15, -0.1) is 0 Å². The average molecular weight is 281 g/mol. The van der Waals surface area contributed by atoms with Crippen molar-refractivity contribution < 1.29 is 4.74 Å². The number of nitrogens with zero attached hydrogens (tertiary/aromatic N) is 1. The Bertz CT molecular complexity index is 495. The Morgan fingerprint density at radius 2 is 1.48 bits per heavy atom. The molecule has 0 bridgehead atoms. The van der Waals surface area contributed by atoms with E-state index in [4.69, 9.17) is 4.74 Å². The van der Waals surface area contributed by atoms with E-state index in [1.807, 2.05) is 0 Å². The second-order valence-electron chi connectivity index (χ2n) is 5.70. The molecule has 0 saturated carbocycles. The summed E-state index contributed by atoms with van der Waals surface area (Å²) >= 11 is 0. The van der Waals surface area contributed by atoms with Crippen LogP contribution in [0.3, 0.4) is 0 Å². The summed E-state index contributed by atoms with van der Waals surface area (Å²) in [6.07, 6.45) is 0. The van der Waals surface area contributed by atoms with Gasteiger partial charge in [-0.1, -0.05) is 60.7 Å². The zero-order chi connectivity index (χ0) is 14.5. The summed E-state index contributed by atoms with van der Waals surface area (Å²) in [5, 5.41) is 0. The summed E-state index contributed by atoms with van der Waals surface area (Å²) in [4.78, 5) is 2.55. The number of hydrogen-bond donors (Lipinski definition) is 0. The van der Waals surface area contributed by atoms with Crippen LogP contribution in [0.25, 0.3) is 0 Å². The monoisotopic (exact) mass is 281 g/mol. The number of rotatable bonds is 6. The standard InChI is InChI=1S/C19H23NO/c1-2-21-15-16-13-20(14-16)19(17-9-5-3-6-10-17)18-11-7-4-8-12-18/h3-12,16,19H,2,13-15H2,1H3. The van der Waals surface area contributed by atoms with Gasteiger partial charge in [-0.2, -0.15) is 0 Å². The first-order valence-electron chi connectivity index (χ1n) is 7.80. The van der Waals surface area contributed by atoms with Crippen molar-refractivity contribution in [2.75, 3.05) is 26.3 Å². The highest BCUT2D eigenvalue weighted by atomic mass is 16.5. The molecule has 0 aromatic heterocycles. The third kappa shape index (κ3) is 3.34. The van der Waals surface area contributed by atoms with Crippen molar-refractivity contribution in [3.8, 4) is 0 Å². The first-order chi connectivity index (χ1) is 10.4. The van der Waals surface area contributed by atoms with Crippen LogP contribution in [0.2, 0.25) is 0 Å². The molecule has 0 spiro atoms. The zero-order valence-corrected chi connectivity index (χ0v) is 12.6. The Labute approximate surface area is 127 Å². The maximum absolute atomic E-state index is 5.55. The molecular weight excluding hydrogens is 258 g/mol. The van der Waals surface area contributed by atoms with Crippen LogP contribution in [0.15, 0.2) is 60.7 Å². The summed E-state index contributed by atoms with van der Waals surface area (Å²) in [5.74, 6) is 0.680. The fourth-order valence-electron chi connectivity index (χ4n) is 3.10. The van der Waals surface area contributed by atoms with E-state index in [9.17, 15) is 0 Å². The van der Waals surface area contributed by atoms with E-state index in [0.717, 1.165) is 26.3 Å². The van der Waals surface area contributed by atoms with Gasteiger partial charge in [-0.25, -0.2) is 0 Å². The lowest BCUT2D eigenvalue weighted by Crippen LogP contribution is -2.50. The van der Waals surface area contributed by atoms with Gasteiger partial charge >= 0.3 is 0 Å². The number of benzene rings is 2. The van der Waals surface area contributed by atoms with Gasteiger partial charge in [0, 0.05) is 25.6 Å². The number of hydrogen-bond acceptors (Lipinski definition) is 2. The third-order valence-electron chi connectivity index (χ3n) is 4.14. The first-order valence-corrected chi connectivity index (χ1v) is 7.80. The van der Waals surface area contributed by atoms with Gasteiger partial charge in [0.2, 0.25) is 0 Å². The molecular formula is C19H23NO. The predicted molar refractivity (Wildman–Crippen MR) is 86.3 cm³/mol. The van der Waals surface area contributed by atoms with Gasteiger partial charge in [0.1, 0.15) is 0 Å². The van der Waals surface area contributed by atoms with Gasteiger partial charge < -0.3 is 4.74 Å². The minimum Gasteiger partial charge on any atom is -0.381 e. The summed E-state index contributed by atoms with van der Waals surface area (Å²) in [6.45, 7) is 6.01. The van der Waals surface area contributed by atoms with Crippen LogP contribution in [0.4, 0.5) is 0 Å². The Balaban J connectivity index is 1.76. The topological polar surface area (TPSA) is 12.5 Å². The lowest BCUT2D eigenvalue weighted by molar-refractivity contribution is 0.00293.